The predicted molar refractivity (Wildman–Crippen MR) is 115 cm³/mol. The first-order valence-electron chi connectivity index (χ1n) is 10.7. The average molecular weight is 466 g/mol. The van der Waals surface area contributed by atoms with E-state index in [1.54, 1.807) is 26.2 Å². The lowest BCUT2D eigenvalue weighted by molar-refractivity contribution is -0.323. The fourth-order valence-electron chi connectivity index (χ4n) is 4.54. The van der Waals surface area contributed by atoms with E-state index in [9.17, 15) is 20.4 Å². The van der Waals surface area contributed by atoms with Crippen LogP contribution in [0.5, 0.6) is 17.2 Å². The van der Waals surface area contributed by atoms with Crippen molar-refractivity contribution in [1.82, 2.24) is 0 Å². The van der Waals surface area contributed by atoms with Crippen LogP contribution in [0.1, 0.15) is 24.2 Å². The summed E-state index contributed by atoms with van der Waals surface area (Å²) in [4.78, 5) is 0. The van der Waals surface area contributed by atoms with Gasteiger partial charge in [-0.1, -0.05) is 0 Å². The standard InChI is InChI=1S/C23H30O10/c1-10-21(33-23-20(27)19(26)22(30-4)16(8-24)32-23)13-6-11-5-12(28-2)7-15(29-3)17(11)18(25)14(13)9-31-10/h5-7,10,16,19-27H,8-9H2,1-4H3. The number of aliphatic hydroxyl groups excluding tert-OH is 3. The minimum Gasteiger partial charge on any atom is -0.507 e. The van der Waals surface area contributed by atoms with Crippen LogP contribution in [-0.4, -0.2) is 85.2 Å². The minimum absolute atomic E-state index is 0.000306. The summed E-state index contributed by atoms with van der Waals surface area (Å²) in [7, 11) is 4.41. The third-order valence-electron chi connectivity index (χ3n) is 6.34. The van der Waals surface area contributed by atoms with E-state index in [0.29, 0.717) is 33.4 Å². The maximum Gasteiger partial charge on any atom is 0.187 e. The van der Waals surface area contributed by atoms with Crippen LogP contribution in [0.15, 0.2) is 18.2 Å². The first kappa shape index (κ1) is 24.0. The highest BCUT2D eigenvalue weighted by atomic mass is 16.7. The lowest BCUT2D eigenvalue weighted by Gasteiger charge is -2.43. The number of fused-ring (bicyclic) bond motifs is 2. The van der Waals surface area contributed by atoms with Gasteiger partial charge in [-0.15, -0.1) is 0 Å². The number of phenolic OH excluding ortho intramolecular Hbond substituents is 1. The second-order valence-corrected chi connectivity index (χ2v) is 8.20. The van der Waals surface area contributed by atoms with Gasteiger partial charge in [0.05, 0.1) is 38.9 Å². The Bertz CT molecular complexity index is 993. The van der Waals surface area contributed by atoms with Crippen molar-refractivity contribution in [3.05, 3.63) is 29.3 Å². The van der Waals surface area contributed by atoms with Crippen LogP contribution in [0.3, 0.4) is 0 Å². The number of phenols is 1. The van der Waals surface area contributed by atoms with Gasteiger partial charge in [0.15, 0.2) is 6.29 Å². The van der Waals surface area contributed by atoms with Crippen LogP contribution >= 0.6 is 0 Å². The van der Waals surface area contributed by atoms with Gasteiger partial charge >= 0.3 is 0 Å². The van der Waals surface area contributed by atoms with E-state index in [4.69, 9.17) is 28.4 Å². The molecule has 10 nitrogen and oxygen atoms in total. The summed E-state index contributed by atoms with van der Waals surface area (Å²) in [5, 5.41) is 43.0. The molecule has 0 amide bonds. The predicted octanol–water partition coefficient (Wildman–Crippen LogP) is 0.993. The van der Waals surface area contributed by atoms with Crippen molar-refractivity contribution in [2.24, 2.45) is 0 Å². The van der Waals surface area contributed by atoms with Crippen LogP contribution in [0.4, 0.5) is 0 Å². The van der Waals surface area contributed by atoms with Crippen molar-refractivity contribution in [3.63, 3.8) is 0 Å². The summed E-state index contributed by atoms with van der Waals surface area (Å²) in [5.74, 6) is 1.01. The number of rotatable bonds is 6. The molecule has 0 aliphatic carbocycles. The molecule has 2 aliphatic rings. The Morgan fingerprint density at radius 2 is 1.82 bits per heavy atom. The van der Waals surface area contributed by atoms with Gasteiger partial charge in [0.1, 0.15) is 47.8 Å². The Morgan fingerprint density at radius 3 is 2.45 bits per heavy atom. The fourth-order valence-corrected chi connectivity index (χ4v) is 4.54. The molecule has 7 atom stereocenters. The van der Waals surface area contributed by atoms with Crippen LogP contribution in [-0.2, 0) is 25.6 Å². The summed E-state index contributed by atoms with van der Waals surface area (Å²) >= 11 is 0. The van der Waals surface area contributed by atoms with E-state index < -0.39 is 49.5 Å². The molecule has 2 aromatic carbocycles. The molecule has 2 aromatic rings. The summed E-state index contributed by atoms with van der Waals surface area (Å²) in [5.41, 5.74) is 1.17. The molecular weight excluding hydrogens is 436 g/mol. The maximum absolute atomic E-state index is 11.1. The zero-order valence-corrected chi connectivity index (χ0v) is 18.9. The van der Waals surface area contributed by atoms with Gasteiger partial charge < -0.3 is 48.8 Å². The molecule has 7 unspecified atom stereocenters. The van der Waals surface area contributed by atoms with E-state index in [1.165, 1.54) is 14.2 Å². The van der Waals surface area contributed by atoms with Crippen molar-refractivity contribution in [2.75, 3.05) is 27.9 Å². The molecular formula is C23H30O10. The number of benzene rings is 2. The lowest BCUT2D eigenvalue weighted by Crippen LogP contribution is -2.60. The van der Waals surface area contributed by atoms with Crippen molar-refractivity contribution in [3.8, 4) is 17.2 Å². The summed E-state index contributed by atoms with van der Waals surface area (Å²) in [6.07, 6.45) is -7.02. The highest BCUT2D eigenvalue weighted by Crippen LogP contribution is 2.46. The van der Waals surface area contributed by atoms with Crippen LogP contribution in [0.2, 0.25) is 0 Å². The zero-order chi connectivity index (χ0) is 23.9. The molecule has 0 spiro atoms. The van der Waals surface area contributed by atoms with E-state index in [-0.39, 0.29) is 12.4 Å². The SMILES string of the molecule is COc1cc(OC)c2c(O)c3c(cc2c1)C(OC1OC(CO)C(OC)C(O)C1O)C(C)OC3. The Morgan fingerprint density at radius 1 is 1.06 bits per heavy atom. The fraction of sp³-hybridized carbons (Fsp3) is 0.565. The second-order valence-electron chi connectivity index (χ2n) is 8.20. The molecule has 0 saturated carbocycles. The second kappa shape index (κ2) is 9.59. The minimum atomic E-state index is -1.43. The van der Waals surface area contributed by atoms with E-state index in [1.807, 2.05) is 6.07 Å². The van der Waals surface area contributed by atoms with Gasteiger partial charge in [-0.2, -0.15) is 0 Å². The van der Waals surface area contributed by atoms with Crippen molar-refractivity contribution >= 4 is 10.8 Å². The summed E-state index contributed by atoms with van der Waals surface area (Å²) in [6.45, 7) is 1.52. The van der Waals surface area contributed by atoms with Crippen LogP contribution in [0, 0.1) is 0 Å². The largest absolute Gasteiger partial charge is 0.507 e. The quantitative estimate of drug-likeness (QED) is 0.488. The van der Waals surface area contributed by atoms with Crippen molar-refractivity contribution < 1.29 is 48.8 Å². The zero-order valence-electron chi connectivity index (χ0n) is 18.9. The molecule has 2 aliphatic heterocycles. The number of ether oxygens (including phenoxy) is 6. The van der Waals surface area contributed by atoms with Crippen LogP contribution in [0.25, 0.3) is 10.8 Å². The number of hydrogen-bond acceptors (Lipinski definition) is 10. The van der Waals surface area contributed by atoms with E-state index in [0.717, 1.165) is 0 Å². The maximum atomic E-state index is 11.1. The van der Waals surface area contributed by atoms with Gasteiger partial charge in [-0.25, -0.2) is 0 Å². The summed E-state index contributed by atoms with van der Waals surface area (Å²) in [6, 6.07) is 5.31. The third-order valence-corrected chi connectivity index (χ3v) is 6.34. The van der Waals surface area contributed by atoms with Gasteiger partial charge in [-0.05, 0) is 30.0 Å². The Kier molecular flexibility index (Phi) is 6.96. The Hall–Kier alpha value is -2.18. The molecule has 1 fully saturated rings. The van der Waals surface area contributed by atoms with Crippen LogP contribution < -0.4 is 9.47 Å². The van der Waals surface area contributed by atoms with E-state index in [2.05, 4.69) is 0 Å². The molecule has 10 heteroatoms. The van der Waals surface area contributed by atoms with Crippen molar-refractivity contribution in [1.29, 1.82) is 0 Å². The molecule has 0 aromatic heterocycles. The monoisotopic (exact) mass is 466 g/mol. The molecule has 1 saturated heterocycles. The van der Waals surface area contributed by atoms with E-state index >= 15 is 0 Å². The first-order valence-corrected chi connectivity index (χ1v) is 10.7. The number of aliphatic hydroxyl groups is 3. The number of aromatic hydroxyl groups is 1. The normalized spacial score (nSPS) is 31.9. The Balaban J connectivity index is 1.74. The topological polar surface area (TPSA) is 136 Å². The molecule has 0 radical (unpaired) electrons. The van der Waals surface area contributed by atoms with Crippen molar-refractivity contribution in [2.45, 2.75) is 56.4 Å². The molecule has 2 heterocycles. The van der Waals surface area contributed by atoms with Gasteiger partial charge in [-0.3, -0.25) is 0 Å². The summed E-state index contributed by atoms with van der Waals surface area (Å²) < 4.78 is 33.6. The molecule has 33 heavy (non-hydrogen) atoms. The first-order chi connectivity index (χ1) is 15.8. The smallest absolute Gasteiger partial charge is 0.187 e. The molecule has 0 bridgehead atoms. The Labute approximate surface area is 191 Å². The highest BCUT2D eigenvalue weighted by Gasteiger charge is 2.47. The highest BCUT2D eigenvalue weighted by molar-refractivity contribution is 5.96. The van der Waals surface area contributed by atoms with Gasteiger partial charge in [0.25, 0.3) is 0 Å². The molecule has 182 valence electrons. The number of hydrogen-bond donors (Lipinski definition) is 4. The third kappa shape index (κ3) is 4.12. The average Bonchev–Trinajstić information content (AvgIpc) is 2.82. The molecule has 4 rings (SSSR count). The van der Waals surface area contributed by atoms with Gasteiger partial charge in [0, 0.05) is 18.7 Å². The number of methoxy groups -OCH3 is 3. The van der Waals surface area contributed by atoms with Gasteiger partial charge in [0.2, 0.25) is 0 Å². The lowest BCUT2D eigenvalue weighted by atomic mass is 9.91. The molecule has 4 N–H and O–H groups in total.